The molecule has 134 valence electrons. The predicted molar refractivity (Wildman–Crippen MR) is 112 cm³/mol. The summed E-state index contributed by atoms with van der Waals surface area (Å²) in [6.45, 7) is 0. The van der Waals surface area contributed by atoms with Crippen LogP contribution >= 0.6 is 11.3 Å². The smallest absolute Gasteiger partial charge is 0.258 e. The van der Waals surface area contributed by atoms with Gasteiger partial charge in [-0.15, -0.1) is 11.3 Å². The lowest BCUT2D eigenvalue weighted by atomic mass is 9.95. The first-order chi connectivity index (χ1) is 13.8. The van der Waals surface area contributed by atoms with Crippen LogP contribution in [0.3, 0.4) is 0 Å². The monoisotopic (exact) mass is 381 g/mol. The van der Waals surface area contributed by atoms with Crippen molar-refractivity contribution < 1.29 is 4.79 Å². The van der Waals surface area contributed by atoms with Gasteiger partial charge in [-0.1, -0.05) is 66.7 Å². The van der Waals surface area contributed by atoms with Crippen LogP contribution in [0.15, 0.2) is 84.2 Å². The molecule has 0 aliphatic carbocycles. The van der Waals surface area contributed by atoms with E-state index in [1.54, 1.807) is 12.1 Å². The number of nitriles is 1. The van der Waals surface area contributed by atoms with Gasteiger partial charge in [-0.05, 0) is 17.7 Å². The van der Waals surface area contributed by atoms with Crippen LogP contribution in [0.2, 0.25) is 0 Å². The zero-order chi connectivity index (χ0) is 19.3. The second-order valence-electron chi connectivity index (χ2n) is 6.06. The molecule has 28 heavy (non-hydrogen) atoms. The number of benzene rings is 3. The molecule has 1 amide bonds. The minimum atomic E-state index is -0.252. The summed E-state index contributed by atoms with van der Waals surface area (Å²) in [5.41, 5.74) is 4.31. The molecule has 0 aliphatic rings. The van der Waals surface area contributed by atoms with Gasteiger partial charge in [0.05, 0.1) is 17.3 Å². The molecule has 0 saturated heterocycles. The second-order valence-corrected chi connectivity index (χ2v) is 6.92. The predicted octanol–water partition coefficient (Wildman–Crippen LogP) is 5.60. The molecule has 0 atom stereocenters. The zero-order valence-electron chi connectivity index (χ0n) is 14.8. The van der Waals surface area contributed by atoms with Crippen molar-refractivity contribution in [3.8, 4) is 28.5 Å². The molecule has 0 bridgehead atoms. The number of hydrogen-bond donors (Lipinski definition) is 1. The summed E-state index contributed by atoms with van der Waals surface area (Å²) in [5.74, 6) is -0.252. The van der Waals surface area contributed by atoms with E-state index in [4.69, 9.17) is 0 Å². The van der Waals surface area contributed by atoms with E-state index in [1.165, 1.54) is 11.3 Å². The molecule has 1 aromatic heterocycles. The largest absolute Gasteiger partial charge is 0.298 e. The van der Waals surface area contributed by atoms with Gasteiger partial charge in [-0.3, -0.25) is 10.1 Å². The lowest BCUT2D eigenvalue weighted by Crippen LogP contribution is -2.13. The molecule has 5 heteroatoms. The van der Waals surface area contributed by atoms with Crippen LogP contribution in [0.25, 0.3) is 22.4 Å². The van der Waals surface area contributed by atoms with Gasteiger partial charge in [-0.2, -0.15) is 5.26 Å². The van der Waals surface area contributed by atoms with Crippen LogP contribution in [-0.2, 0) is 0 Å². The Balaban J connectivity index is 1.64. The van der Waals surface area contributed by atoms with Crippen LogP contribution in [0.1, 0.15) is 15.9 Å². The Morgan fingerprint density at radius 2 is 1.57 bits per heavy atom. The van der Waals surface area contributed by atoms with Crippen LogP contribution in [0.5, 0.6) is 0 Å². The molecular weight excluding hydrogens is 366 g/mol. The number of nitrogens with one attached hydrogen (secondary N) is 1. The van der Waals surface area contributed by atoms with E-state index in [0.717, 1.165) is 22.4 Å². The molecule has 4 aromatic rings. The molecule has 3 aromatic carbocycles. The van der Waals surface area contributed by atoms with Gasteiger partial charge in [0.15, 0.2) is 5.13 Å². The molecule has 0 aliphatic heterocycles. The molecule has 4 nitrogen and oxygen atoms in total. The van der Waals surface area contributed by atoms with E-state index >= 15 is 0 Å². The average molecular weight is 381 g/mol. The molecule has 0 unspecified atom stereocenters. The summed E-state index contributed by atoms with van der Waals surface area (Å²) in [7, 11) is 0. The van der Waals surface area contributed by atoms with E-state index in [1.807, 2.05) is 72.1 Å². The average Bonchev–Trinajstić information content (AvgIpc) is 3.23. The van der Waals surface area contributed by atoms with E-state index in [-0.39, 0.29) is 5.91 Å². The maximum absolute atomic E-state index is 12.9. The highest BCUT2D eigenvalue weighted by Gasteiger charge is 2.16. The molecule has 1 N–H and O–H groups in total. The Bertz CT molecular complexity index is 1180. The first-order valence-corrected chi connectivity index (χ1v) is 9.55. The number of anilines is 1. The summed E-state index contributed by atoms with van der Waals surface area (Å²) in [4.78, 5) is 17.4. The maximum atomic E-state index is 12.9. The number of nitrogens with zero attached hydrogens (tertiary/aromatic N) is 2. The summed E-state index contributed by atoms with van der Waals surface area (Å²) in [6, 6.07) is 26.6. The van der Waals surface area contributed by atoms with Gasteiger partial charge in [0.1, 0.15) is 0 Å². The van der Waals surface area contributed by atoms with E-state index < -0.39 is 0 Å². The van der Waals surface area contributed by atoms with Crippen molar-refractivity contribution in [2.75, 3.05) is 5.32 Å². The standard InChI is InChI=1S/C23H15N3OS/c24-14-17-10-4-5-11-18(17)19-12-6-7-13-20(19)22(27)26-23-25-21(15-28-23)16-8-2-1-3-9-16/h1-13,15H,(H,25,26,27). The fraction of sp³-hybridized carbons (Fsp3) is 0. The summed E-state index contributed by atoms with van der Waals surface area (Å²) < 4.78 is 0. The summed E-state index contributed by atoms with van der Waals surface area (Å²) in [6.07, 6.45) is 0. The Kier molecular flexibility index (Phi) is 4.96. The zero-order valence-corrected chi connectivity index (χ0v) is 15.6. The Morgan fingerprint density at radius 3 is 2.36 bits per heavy atom. The minimum Gasteiger partial charge on any atom is -0.298 e. The van der Waals surface area contributed by atoms with E-state index in [2.05, 4.69) is 16.4 Å². The van der Waals surface area contributed by atoms with E-state index in [9.17, 15) is 10.1 Å². The second kappa shape index (κ2) is 7.87. The number of amides is 1. The SMILES string of the molecule is N#Cc1ccccc1-c1ccccc1C(=O)Nc1nc(-c2ccccc2)cs1. The van der Waals surface area contributed by atoms with Gasteiger partial charge in [0.25, 0.3) is 5.91 Å². The maximum Gasteiger partial charge on any atom is 0.258 e. The number of rotatable bonds is 4. The van der Waals surface area contributed by atoms with Crippen LogP contribution in [0, 0.1) is 11.3 Å². The van der Waals surface area contributed by atoms with Crippen molar-refractivity contribution in [2.24, 2.45) is 0 Å². The van der Waals surface area contributed by atoms with Gasteiger partial charge >= 0.3 is 0 Å². The highest BCUT2D eigenvalue weighted by Crippen LogP contribution is 2.29. The van der Waals surface area contributed by atoms with Crippen molar-refractivity contribution in [1.82, 2.24) is 4.98 Å². The van der Waals surface area contributed by atoms with Crippen LogP contribution < -0.4 is 5.32 Å². The summed E-state index contributed by atoms with van der Waals surface area (Å²) >= 11 is 1.38. The fourth-order valence-corrected chi connectivity index (χ4v) is 3.68. The number of hydrogen-bond acceptors (Lipinski definition) is 4. The molecule has 4 rings (SSSR count). The lowest BCUT2D eigenvalue weighted by molar-refractivity contribution is 0.102. The topological polar surface area (TPSA) is 65.8 Å². The van der Waals surface area contributed by atoms with Crippen molar-refractivity contribution in [3.63, 3.8) is 0 Å². The van der Waals surface area contributed by atoms with Crippen LogP contribution in [0.4, 0.5) is 5.13 Å². The molecular formula is C23H15N3OS. The quantitative estimate of drug-likeness (QED) is 0.500. The first kappa shape index (κ1) is 17.7. The normalized spacial score (nSPS) is 10.2. The highest BCUT2D eigenvalue weighted by molar-refractivity contribution is 7.14. The summed E-state index contributed by atoms with van der Waals surface area (Å²) in [5, 5.41) is 14.7. The third kappa shape index (κ3) is 3.54. The van der Waals surface area contributed by atoms with Crippen molar-refractivity contribution in [2.45, 2.75) is 0 Å². The molecule has 0 fully saturated rings. The van der Waals surface area contributed by atoms with Crippen LogP contribution in [-0.4, -0.2) is 10.9 Å². The Morgan fingerprint density at radius 1 is 0.893 bits per heavy atom. The third-order valence-electron chi connectivity index (χ3n) is 4.30. The third-order valence-corrected chi connectivity index (χ3v) is 5.06. The Hall–Kier alpha value is -3.75. The van der Waals surface area contributed by atoms with Gasteiger partial charge in [0.2, 0.25) is 0 Å². The van der Waals surface area contributed by atoms with Gasteiger partial charge < -0.3 is 0 Å². The number of thiazole rings is 1. The number of carbonyl (C=O) groups excluding carboxylic acids is 1. The highest BCUT2D eigenvalue weighted by atomic mass is 32.1. The van der Waals surface area contributed by atoms with Crippen molar-refractivity contribution in [1.29, 1.82) is 5.26 Å². The Labute approximate surface area is 166 Å². The molecule has 1 heterocycles. The van der Waals surface area contributed by atoms with Gasteiger partial charge in [0, 0.05) is 22.1 Å². The first-order valence-electron chi connectivity index (χ1n) is 8.67. The van der Waals surface area contributed by atoms with Gasteiger partial charge in [-0.25, -0.2) is 4.98 Å². The molecule has 0 spiro atoms. The minimum absolute atomic E-state index is 0.252. The van der Waals surface area contributed by atoms with Crippen molar-refractivity contribution in [3.05, 3.63) is 95.4 Å². The number of aromatic nitrogens is 1. The van der Waals surface area contributed by atoms with E-state index in [0.29, 0.717) is 16.3 Å². The molecule has 0 saturated carbocycles. The van der Waals surface area contributed by atoms with Crippen molar-refractivity contribution >= 4 is 22.4 Å². The lowest BCUT2D eigenvalue weighted by Gasteiger charge is -2.10. The fourth-order valence-electron chi connectivity index (χ4n) is 2.97. The molecule has 0 radical (unpaired) electrons. The number of carbonyl (C=O) groups is 1.